The minimum Gasteiger partial charge on any atom is -0.324 e. The molecule has 136 valence electrons. The zero-order chi connectivity index (χ0) is 17.2. The average molecular weight is 366 g/mol. The van der Waals surface area contributed by atoms with Crippen molar-refractivity contribution in [2.24, 2.45) is 5.73 Å². The molecule has 1 aliphatic heterocycles. The average Bonchev–Trinajstić information content (AvgIpc) is 2.89. The first kappa shape index (κ1) is 19.4. The predicted octanol–water partition coefficient (Wildman–Crippen LogP) is 2.36. The molecule has 1 heterocycles. The summed E-state index contributed by atoms with van der Waals surface area (Å²) in [5.74, 6) is -0.389. The first-order valence-electron chi connectivity index (χ1n) is 8.50. The molecule has 0 aromatic heterocycles. The van der Waals surface area contributed by atoms with Crippen LogP contribution in [0, 0.1) is 0 Å². The van der Waals surface area contributed by atoms with E-state index in [1.807, 2.05) is 12.1 Å². The molecule has 1 saturated heterocycles. The minimum absolute atomic E-state index is 0. The highest BCUT2D eigenvalue weighted by atomic mass is 35.5. The standard InChI is InChI=1S/C18H23N3O3.ClH/c19-18(10-2-1-3-11-18)17(24)20-14-6-4-13(5-7-14)12-21-15(22)8-9-16(21)23;/h4-7H,1-3,8-12,19H2,(H,20,24);1H. The Balaban J connectivity index is 0.00000225. The molecular weight excluding hydrogens is 342 g/mol. The van der Waals surface area contributed by atoms with E-state index in [0.717, 1.165) is 37.7 Å². The van der Waals surface area contributed by atoms with Crippen LogP contribution in [-0.2, 0) is 20.9 Å². The Morgan fingerprint density at radius 1 is 1.04 bits per heavy atom. The van der Waals surface area contributed by atoms with Crippen molar-refractivity contribution in [1.82, 2.24) is 4.90 Å². The highest BCUT2D eigenvalue weighted by Gasteiger charge is 2.35. The maximum Gasteiger partial charge on any atom is 0.244 e. The lowest BCUT2D eigenvalue weighted by atomic mass is 9.82. The predicted molar refractivity (Wildman–Crippen MR) is 97.1 cm³/mol. The molecule has 0 atom stereocenters. The summed E-state index contributed by atoms with van der Waals surface area (Å²) in [6, 6.07) is 7.20. The molecule has 3 rings (SSSR count). The quantitative estimate of drug-likeness (QED) is 0.801. The van der Waals surface area contributed by atoms with E-state index in [1.165, 1.54) is 4.90 Å². The van der Waals surface area contributed by atoms with Crippen molar-refractivity contribution in [2.45, 2.75) is 57.0 Å². The molecule has 0 radical (unpaired) electrons. The van der Waals surface area contributed by atoms with Crippen molar-refractivity contribution >= 4 is 35.8 Å². The molecule has 7 heteroatoms. The van der Waals surface area contributed by atoms with E-state index in [4.69, 9.17) is 5.73 Å². The number of carbonyl (C=O) groups is 3. The molecule has 2 fully saturated rings. The molecule has 1 aromatic rings. The molecule has 0 spiro atoms. The number of nitrogens with two attached hydrogens (primary N) is 1. The van der Waals surface area contributed by atoms with Crippen LogP contribution >= 0.6 is 12.4 Å². The smallest absolute Gasteiger partial charge is 0.244 e. The SMILES string of the molecule is Cl.NC1(C(=O)Nc2ccc(CN3C(=O)CCC3=O)cc2)CCCCC1. The monoisotopic (exact) mass is 365 g/mol. The number of benzene rings is 1. The van der Waals surface area contributed by atoms with Gasteiger partial charge in [-0.05, 0) is 30.5 Å². The third-order valence-electron chi connectivity index (χ3n) is 4.91. The molecule has 1 aromatic carbocycles. The van der Waals surface area contributed by atoms with Gasteiger partial charge in [0.25, 0.3) is 0 Å². The van der Waals surface area contributed by atoms with Gasteiger partial charge in [0.2, 0.25) is 17.7 Å². The normalized spacial score (nSPS) is 19.5. The Hall–Kier alpha value is -1.92. The van der Waals surface area contributed by atoms with Crippen molar-refractivity contribution in [2.75, 3.05) is 5.32 Å². The topological polar surface area (TPSA) is 92.5 Å². The van der Waals surface area contributed by atoms with Crippen molar-refractivity contribution in [3.8, 4) is 0 Å². The summed E-state index contributed by atoms with van der Waals surface area (Å²) < 4.78 is 0. The number of halogens is 1. The van der Waals surface area contributed by atoms with Crippen molar-refractivity contribution in [3.05, 3.63) is 29.8 Å². The van der Waals surface area contributed by atoms with Gasteiger partial charge >= 0.3 is 0 Å². The zero-order valence-corrected chi connectivity index (χ0v) is 14.9. The Kier molecular flexibility index (Phi) is 6.19. The third-order valence-corrected chi connectivity index (χ3v) is 4.91. The van der Waals surface area contributed by atoms with E-state index in [0.29, 0.717) is 18.5 Å². The van der Waals surface area contributed by atoms with Gasteiger partial charge in [-0.3, -0.25) is 19.3 Å². The summed E-state index contributed by atoms with van der Waals surface area (Å²) in [6.45, 7) is 0.284. The number of hydrogen-bond acceptors (Lipinski definition) is 4. The van der Waals surface area contributed by atoms with Crippen LogP contribution in [0.25, 0.3) is 0 Å². The highest BCUT2D eigenvalue weighted by Crippen LogP contribution is 2.27. The number of carbonyl (C=O) groups excluding carboxylic acids is 3. The van der Waals surface area contributed by atoms with Gasteiger partial charge in [-0.25, -0.2) is 0 Å². The summed E-state index contributed by atoms with van der Waals surface area (Å²) >= 11 is 0. The molecule has 0 unspecified atom stereocenters. The van der Waals surface area contributed by atoms with Crippen LogP contribution in [0.5, 0.6) is 0 Å². The van der Waals surface area contributed by atoms with Crippen LogP contribution in [0.3, 0.4) is 0 Å². The number of hydrogen-bond donors (Lipinski definition) is 2. The Labute approximate surface area is 153 Å². The van der Waals surface area contributed by atoms with Crippen LogP contribution in [0.1, 0.15) is 50.5 Å². The highest BCUT2D eigenvalue weighted by molar-refractivity contribution is 6.02. The van der Waals surface area contributed by atoms with E-state index < -0.39 is 5.54 Å². The molecule has 1 saturated carbocycles. The van der Waals surface area contributed by atoms with E-state index in [-0.39, 0.29) is 36.7 Å². The summed E-state index contributed by atoms with van der Waals surface area (Å²) in [5.41, 5.74) is 6.99. The van der Waals surface area contributed by atoms with Gasteiger partial charge in [0.05, 0.1) is 12.1 Å². The lowest BCUT2D eigenvalue weighted by molar-refractivity contribution is -0.139. The fourth-order valence-electron chi connectivity index (χ4n) is 3.34. The lowest BCUT2D eigenvalue weighted by Gasteiger charge is -2.31. The number of anilines is 1. The van der Waals surface area contributed by atoms with Crippen LogP contribution in [0.15, 0.2) is 24.3 Å². The first-order chi connectivity index (χ1) is 11.5. The van der Waals surface area contributed by atoms with Gasteiger partial charge in [0.1, 0.15) is 0 Å². The second-order valence-corrected chi connectivity index (χ2v) is 6.74. The Bertz CT molecular complexity index is 638. The van der Waals surface area contributed by atoms with Gasteiger partial charge in [0, 0.05) is 18.5 Å². The van der Waals surface area contributed by atoms with Crippen LogP contribution in [0.4, 0.5) is 5.69 Å². The van der Waals surface area contributed by atoms with Crippen molar-refractivity contribution in [3.63, 3.8) is 0 Å². The Morgan fingerprint density at radius 3 is 2.16 bits per heavy atom. The maximum absolute atomic E-state index is 12.4. The summed E-state index contributed by atoms with van der Waals surface area (Å²) in [4.78, 5) is 37.0. The fourth-order valence-corrected chi connectivity index (χ4v) is 3.34. The molecule has 0 bridgehead atoms. The first-order valence-corrected chi connectivity index (χ1v) is 8.50. The van der Waals surface area contributed by atoms with E-state index in [1.54, 1.807) is 12.1 Å². The number of imide groups is 1. The van der Waals surface area contributed by atoms with Gasteiger partial charge in [-0.2, -0.15) is 0 Å². The zero-order valence-electron chi connectivity index (χ0n) is 14.1. The molecular formula is C18H24ClN3O3. The fraction of sp³-hybridized carbons (Fsp3) is 0.500. The van der Waals surface area contributed by atoms with Gasteiger partial charge in [0.15, 0.2) is 0 Å². The second-order valence-electron chi connectivity index (χ2n) is 6.74. The maximum atomic E-state index is 12.4. The number of rotatable bonds is 4. The summed E-state index contributed by atoms with van der Waals surface area (Å²) in [6.07, 6.45) is 5.14. The van der Waals surface area contributed by atoms with E-state index >= 15 is 0 Å². The molecule has 1 aliphatic carbocycles. The number of likely N-dealkylation sites (tertiary alicyclic amines) is 1. The number of nitrogens with one attached hydrogen (secondary N) is 1. The van der Waals surface area contributed by atoms with Crippen LogP contribution < -0.4 is 11.1 Å². The summed E-state index contributed by atoms with van der Waals surface area (Å²) in [7, 11) is 0. The van der Waals surface area contributed by atoms with E-state index in [9.17, 15) is 14.4 Å². The molecule has 2 aliphatic rings. The van der Waals surface area contributed by atoms with Crippen molar-refractivity contribution < 1.29 is 14.4 Å². The van der Waals surface area contributed by atoms with Gasteiger partial charge < -0.3 is 11.1 Å². The molecule has 25 heavy (non-hydrogen) atoms. The summed E-state index contributed by atoms with van der Waals surface area (Å²) in [5, 5.41) is 2.88. The second kappa shape index (κ2) is 7.97. The Morgan fingerprint density at radius 2 is 1.60 bits per heavy atom. The number of amides is 3. The van der Waals surface area contributed by atoms with Gasteiger partial charge in [-0.1, -0.05) is 31.4 Å². The third kappa shape index (κ3) is 4.38. The minimum atomic E-state index is -0.773. The van der Waals surface area contributed by atoms with Crippen molar-refractivity contribution in [1.29, 1.82) is 0 Å². The van der Waals surface area contributed by atoms with Gasteiger partial charge in [-0.15, -0.1) is 12.4 Å². The largest absolute Gasteiger partial charge is 0.324 e. The van der Waals surface area contributed by atoms with Crippen LogP contribution in [-0.4, -0.2) is 28.2 Å². The molecule has 3 N–H and O–H groups in total. The number of nitrogens with zero attached hydrogens (tertiary/aromatic N) is 1. The molecule has 6 nitrogen and oxygen atoms in total. The van der Waals surface area contributed by atoms with Crippen LogP contribution in [0.2, 0.25) is 0 Å². The van der Waals surface area contributed by atoms with E-state index in [2.05, 4.69) is 5.32 Å². The lowest BCUT2D eigenvalue weighted by Crippen LogP contribution is -2.52. The molecule has 3 amide bonds.